The van der Waals surface area contributed by atoms with Gasteiger partial charge in [0.2, 0.25) is 0 Å². The summed E-state index contributed by atoms with van der Waals surface area (Å²) < 4.78 is 18.4. The summed E-state index contributed by atoms with van der Waals surface area (Å²) in [5.41, 5.74) is 2.33. The molecule has 0 saturated heterocycles. The maximum Gasteiger partial charge on any atom is 0.338 e. The van der Waals surface area contributed by atoms with Gasteiger partial charge in [-0.2, -0.15) is 0 Å². The highest BCUT2D eigenvalue weighted by molar-refractivity contribution is 7.07. The first-order chi connectivity index (χ1) is 17.0. The van der Waals surface area contributed by atoms with Crippen molar-refractivity contribution >= 4 is 23.4 Å². The van der Waals surface area contributed by atoms with Crippen LogP contribution in [0.2, 0.25) is 0 Å². The number of carbonyl (C=O) groups excluding carboxylic acids is 1. The van der Waals surface area contributed by atoms with Gasteiger partial charge in [-0.15, -0.1) is 0 Å². The van der Waals surface area contributed by atoms with E-state index in [1.165, 1.54) is 11.3 Å². The predicted octanol–water partition coefficient (Wildman–Crippen LogP) is 3.60. The number of carbonyl (C=O) groups is 1. The van der Waals surface area contributed by atoms with Crippen molar-refractivity contribution in [2.45, 2.75) is 33.2 Å². The molecule has 182 valence electrons. The first kappa shape index (κ1) is 24.5. The van der Waals surface area contributed by atoms with Gasteiger partial charge >= 0.3 is 5.97 Å². The number of fused-ring (bicyclic) bond motifs is 1. The first-order valence-electron chi connectivity index (χ1n) is 11.5. The Morgan fingerprint density at radius 1 is 1.09 bits per heavy atom. The minimum atomic E-state index is -0.650. The van der Waals surface area contributed by atoms with Crippen molar-refractivity contribution in [1.29, 1.82) is 0 Å². The van der Waals surface area contributed by atoms with Gasteiger partial charge in [0.15, 0.2) is 4.80 Å². The molecular weight excluding hydrogens is 464 g/mol. The molecule has 1 aliphatic rings. The third-order valence-electron chi connectivity index (χ3n) is 5.60. The smallest absolute Gasteiger partial charge is 0.338 e. The normalized spacial score (nSPS) is 15.4. The van der Waals surface area contributed by atoms with Crippen molar-refractivity contribution in [3.63, 3.8) is 0 Å². The zero-order chi connectivity index (χ0) is 24.9. The van der Waals surface area contributed by atoms with Crippen molar-refractivity contribution in [2.24, 2.45) is 4.99 Å². The van der Waals surface area contributed by atoms with Crippen LogP contribution in [0.3, 0.4) is 0 Å². The number of ether oxygens (including phenoxy) is 3. The summed E-state index contributed by atoms with van der Waals surface area (Å²) in [4.78, 5) is 31.7. The number of hydrogen-bond donors (Lipinski definition) is 0. The van der Waals surface area contributed by atoms with Crippen molar-refractivity contribution in [3.05, 3.63) is 90.6 Å². The van der Waals surface area contributed by atoms with Gasteiger partial charge in [0.05, 0.1) is 42.2 Å². The van der Waals surface area contributed by atoms with E-state index in [2.05, 4.69) is 11.9 Å². The molecule has 1 aliphatic heterocycles. The van der Waals surface area contributed by atoms with E-state index in [0.29, 0.717) is 33.0 Å². The Morgan fingerprint density at radius 2 is 1.77 bits per heavy atom. The van der Waals surface area contributed by atoms with Gasteiger partial charge in [-0.05, 0) is 61.7 Å². The number of thiazole rings is 1. The molecule has 0 spiro atoms. The van der Waals surface area contributed by atoms with E-state index >= 15 is 0 Å². The van der Waals surface area contributed by atoms with Crippen LogP contribution >= 0.6 is 11.3 Å². The standard InChI is InChI=1S/C27H28N2O5S/c1-5-15-34-21-11-7-18(8-12-21)16-22-25(30)29-24(19-9-13-20(32-4)14-10-19)23(26(31)33-6-2)17(3)28-27(29)35-22/h7-14,16,24H,5-6,15H2,1-4H3/b22-16+. The summed E-state index contributed by atoms with van der Waals surface area (Å²) in [6, 6.07) is 14.3. The Hall–Kier alpha value is -3.65. The summed E-state index contributed by atoms with van der Waals surface area (Å²) in [7, 11) is 1.59. The van der Waals surface area contributed by atoms with Crippen molar-refractivity contribution in [3.8, 4) is 11.5 Å². The Morgan fingerprint density at radius 3 is 2.40 bits per heavy atom. The Kier molecular flexibility index (Phi) is 7.51. The highest BCUT2D eigenvalue weighted by atomic mass is 32.1. The van der Waals surface area contributed by atoms with Gasteiger partial charge in [0.25, 0.3) is 5.56 Å². The molecule has 8 heteroatoms. The number of aromatic nitrogens is 1. The molecule has 0 fully saturated rings. The second kappa shape index (κ2) is 10.7. The van der Waals surface area contributed by atoms with Crippen LogP contribution in [0.5, 0.6) is 11.5 Å². The minimum absolute atomic E-state index is 0.213. The largest absolute Gasteiger partial charge is 0.497 e. The van der Waals surface area contributed by atoms with Gasteiger partial charge in [-0.1, -0.05) is 42.5 Å². The average molecular weight is 493 g/mol. The monoisotopic (exact) mass is 492 g/mol. The van der Waals surface area contributed by atoms with Crippen LogP contribution in [-0.2, 0) is 9.53 Å². The molecule has 1 unspecified atom stereocenters. The lowest BCUT2D eigenvalue weighted by molar-refractivity contribution is -0.139. The highest BCUT2D eigenvalue weighted by Crippen LogP contribution is 2.31. The molecule has 0 amide bonds. The molecule has 0 radical (unpaired) electrons. The fraction of sp³-hybridized carbons (Fsp3) is 0.296. The zero-order valence-corrected chi connectivity index (χ0v) is 21.1. The molecule has 2 heterocycles. The topological polar surface area (TPSA) is 79.1 Å². The number of benzene rings is 2. The highest BCUT2D eigenvalue weighted by Gasteiger charge is 2.33. The van der Waals surface area contributed by atoms with E-state index in [0.717, 1.165) is 23.3 Å². The molecule has 0 bridgehead atoms. The molecule has 4 rings (SSSR count). The maximum absolute atomic E-state index is 13.6. The summed E-state index contributed by atoms with van der Waals surface area (Å²) in [6.45, 7) is 6.47. The molecule has 35 heavy (non-hydrogen) atoms. The van der Waals surface area contributed by atoms with Crippen LogP contribution in [-0.4, -0.2) is 30.9 Å². The SMILES string of the molecule is CCCOc1ccc(/C=c2/sc3n(c2=O)C(c2ccc(OC)cc2)C(C(=O)OCC)=C(C)N=3)cc1. The Balaban J connectivity index is 1.83. The number of methoxy groups -OCH3 is 1. The molecule has 7 nitrogen and oxygen atoms in total. The zero-order valence-electron chi connectivity index (χ0n) is 20.2. The fourth-order valence-electron chi connectivity index (χ4n) is 3.92. The van der Waals surface area contributed by atoms with Crippen LogP contribution in [0.4, 0.5) is 0 Å². The average Bonchev–Trinajstić information content (AvgIpc) is 3.17. The number of hydrogen-bond acceptors (Lipinski definition) is 7. The second-order valence-electron chi connectivity index (χ2n) is 7.99. The third-order valence-corrected chi connectivity index (χ3v) is 6.58. The summed E-state index contributed by atoms with van der Waals surface area (Å²) >= 11 is 1.30. The quantitative estimate of drug-likeness (QED) is 0.449. The minimum Gasteiger partial charge on any atom is -0.497 e. The molecule has 3 aromatic rings. The van der Waals surface area contributed by atoms with Gasteiger partial charge in [0, 0.05) is 0 Å². The number of esters is 1. The second-order valence-corrected chi connectivity index (χ2v) is 9.00. The lowest BCUT2D eigenvalue weighted by atomic mass is 9.96. The van der Waals surface area contributed by atoms with E-state index in [-0.39, 0.29) is 12.2 Å². The van der Waals surface area contributed by atoms with E-state index in [1.807, 2.05) is 54.6 Å². The van der Waals surface area contributed by atoms with Crippen LogP contribution in [0.25, 0.3) is 6.08 Å². The summed E-state index contributed by atoms with van der Waals surface area (Å²) in [6.07, 6.45) is 2.77. The summed E-state index contributed by atoms with van der Waals surface area (Å²) in [5.74, 6) is 0.997. The molecule has 2 aromatic carbocycles. The molecule has 1 aromatic heterocycles. The molecular formula is C27H28N2O5S. The van der Waals surface area contributed by atoms with Gasteiger partial charge in [-0.25, -0.2) is 9.79 Å². The third kappa shape index (κ3) is 5.07. The van der Waals surface area contributed by atoms with Gasteiger partial charge < -0.3 is 14.2 Å². The van der Waals surface area contributed by atoms with Crippen LogP contribution in [0, 0.1) is 0 Å². The van der Waals surface area contributed by atoms with Gasteiger partial charge in [0.1, 0.15) is 11.5 Å². The lowest BCUT2D eigenvalue weighted by Gasteiger charge is -2.24. The molecule has 1 atom stereocenters. The number of allylic oxidation sites excluding steroid dienone is 1. The van der Waals surface area contributed by atoms with Crippen molar-refractivity contribution in [1.82, 2.24) is 4.57 Å². The molecule has 0 saturated carbocycles. The Bertz CT molecular complexity index is 1420. The Labute approximate surface area is 207 Å². The van der Waals surface area contributed by atoms with Crippen molar-refractivity contribution in [2.75, 3.05) is 20.3 Å². The van der Waals surface area contributed by atoms with E-state index in [1.54, 1.807) is 25.5 Å². The van der Waals surface area contributed by atoms with Crippen LogP contribution in [0.1, 0.15) is 44.4 Å². The maximum atomic E-state index is 13.6. The van der Waals surface area contributed by atoms with E-state index in [4.69, 9.17) is 14.2 Å². The number of rotatable bonds is 8. The lowest BCUT2D eigenvalue weighted by Crippen LogP contribution is -2.39. The predicted molar refractivity (Wildman–Crippen MR) is 136 cm³/mol. The first-order valence-corrected chi connectivity index (χ1v) is 12.3. The molecule has 0 N–H and O–H groups in total. The van der Waals surface area contributed by atoms with E-state index in [9.17, 15) is 9.59 Å². The molecule has 0 aliphatic carbocycles. The van der Waals surface area contributed by atoms with Gasteiger partial charge in [-0.3, -0.25) is 9.36 Å². The van der Waals surface area contributed by atoms with Crippen LogP contribution in [0.15, 0.2) is 69.6 Å². The number of nitrogens with zero attached hydrogens (tertiary/aromatic N) is 2. The summed E-state index contributed by atoms with van der Waals surface area (Å²) in [5, 5.41) is 0. The van der Waals surface area contributed by atoms with E-state index < -0.39 is 12.0 Å². The van der Waals surface area contributed by atoms with Crippen molar-refractivity contribution < 1.29 is 19.0 Å². The fourth-order valence-corrected chi connectivity index (χ4v) is 4.97. The van der Waals surface area contributed by atoms with Crippen LogP contribution < -0.4 is 24.4 Å².